The highest BCUT2D eigenvalue weighted by Gasteiger charge is 2.23. The number of nitrogens with zero attached hydrogens (tertiary/aromatic N) is 2. The molecule has 0 spiro atoms. The smallest absolute Gasteiger partial charge is 0.348 e. The van der Waals surface area contributed by atoms with Gasteiger partial charge in [0.05, 0.1) is 12.0 Å². The lowest BCUT2D eigenvalue weighted by Gasteiger charge is -2.14. The number of thiophene rings is 1. The summed E-state index contributed by atoms with van der Waals surface area (Å²) < 4.78 is 11.6. The lowest BCUT2D eigenvalue weighted by Crippen LogP contribution is -2.27. The van der Waals surface area contributed by atoms with Gasteiger partial charge in [-0.05, 0) is 18.9 Å². The van der Waals surface area contributed by atoms with E-state index in [1.165, 1.54) is 7.11 Å². The molecule has 2 aromatic heterocycles. The number of fused-ring (bicyclic) bond motifs is 1. The van der Waals surface area contributed by atoms with Crippen molar-refractivity contribution in [3.63, 3.8) is 0 Å². The van der Waals surface area contributed by atoms with E-state index in [9.17, 15) is 14.4 Å². The molecule has 2 N–H and O–H groups in total. The van der Waals surface area contributed by atoms with E-state index in [0.717, 1.165) is 11.3 Å². The second-order valence-corrected chi connectivity index (χ2v) is 7.52. The van der Waals surface area contributed by atoms with Gasteiger partial charge in [-0.1, -0.05) is 13.8 Å². The van der Waals surface area contributed by atoms with Crippen molar-refractivity contribution in [1.29, 1.82) is 0 Å². The summed E-state index contributed by atoms with van der Waals surface area (Å²) in [4.78, 5) is 41.9. The molecule has 0 aromatic carbocycles. The van der Waals surface area contributed by atoms with E-state index in [0.29, 0.717) is 46.1 Å². The highest BCUT2D eigenvalue weighted by molar-refractivity contribution is 7.20. The fourth-order valence-corrected chi connectivity index (χ4v) is 3.85. The van der Waals surface area contributed by atoms with Gasteiger partial charge in [-0.2, -0.15) is 0 Å². The van der Waals surface area contributed by atoms with Gasteiger partial charge in [0.25, 0.3) is 5.56 Å². The van der Waals surface area contributed by atoms with Gasteiger partial charge in [0, 0.05) is 26.0 Å². The second-order valence-electron chi connectivity index (χ2n) is 6.52. The molecule has 148 valence electrons. The van der Waals surface area contributed by atoms with Crippen LogP contribution in [-0.2, 0) is 20.8 Å². The number of esters is 1. The summed E-state index contributed by atoms with van der Waals surface area (Å²) >= 11 is 1.16. The fourth-order valence-electron chi connectivity index (χ4n) is 2.78. The molecule has 2 rings (SSSR count). The second kappa shape index (κ2) is 9.09. The van der Waals surface area contributed by atoms with Crippen molar-refractivity contribution >= 4 is 33.4 Å². The van der Waals surface area contributed by atoms with Gasteiger partial charge >= 0.3 is 5.97 Å². The maximum Gasteiger partial charge on any atom is 0.348 e. The Morgan fingerprint density at radius 1 is 1.30 bits per heavy atom. The Bertz CT molecular complexity index is 901. The molecule has 0 fully saturated rings. The molecule has 0 unspecified atom stereocenters. The molecular formula is C18H25N3O5S. The van der Waals surface area contributed by atoms with E-state index in [1.807, 2.05) is 13.8 Å². The molecule has 9 heteroatoms. The van der Waals surface area contributed by atoms with Crippen LogP contribution in [0.5, 0.6) is 0 Å². The van der Waals surface area contributed by atoms with Crippen LogP contribution in [0.25, 0.3) is 10.2 Å². The van der Waals surface area contributed by atoms with Crippen LogP contribution >= 0.6 is 11.3 Å². The van der Waals surface area contributed by atoms with Gasteiger partial charge in [0.2, 0.25) is 5.91 Å². The Hall–Kier alpha value is -2.26. The predicted octanol–water partition coefficient (Wildman–Crippen LogP) is 1.96. The Balaban J connectivity index is 2.48. The Kier molecular flexibility index (Phi) is 7.09. The van der Waals surface area contributed by atoms with Crippen molar-refractivity contribution in [2.24, 2.45) is 5.73 Å². The molecule has 0 saturated carbocycles. The predicted molar refractivity (Wildman–Crippen MR) is 103 cm³/mol. The first-order valence-corrected chi connectivity index (χ1v) is 9.57. The number of aryl methyl sites for hydroxylation is 1. The Morgan fingerprint density at radius 2 is 2.00 bits per heavy atom. The van der Waals surface area contributed by atoms with E-state index in [1.54, 1.807) is 11.5 Å². The number of ether oxygens (including phenoxy) is 2. The minimum absolute atomic E-state index is 0.00943. The molecule has 0 bridgehead atoms. The molecule has 0 atom stereocenters. The first kappa shape index (κ1) is 21.0. The maximum absolute atomic E-state index is 13.1. The Labute approximate surface area is 161 Å². The normalized spacial score (nSPS) is 11.3. The third kappa shape index (κ3) is 4.72. The maximum atomic E-state index is 13.1. The van der Waals surface area contributed by atoms with Crippen molar-refractivity contribution in [3.05, 3.63) is 26.6 Å². The van der Waals surface area contributed by atoms with E-state index >= 15 is 0 Å². The summed E-state index contributed by atoms with van der Waals surface area (Å²) in [6.45, 7) is 6.40. The molecule has 27 heavy (non-hydrogen) atoms. The molecule has 0 aliphatic carbocycles. The number of carbonyl (C=O) groups is 2. The average molecular weight is 395 g/mol. The summed E-state index contributed by atoms with van der Waals surface area (Å²) in [5.41, 5.74) is 5.55. The molecule has 2 heterocycles. The number of amides is 1. The van der Waals surface area contributed by atoms with Crippen LogP contribution in [0.3, 0.4) is 0 Å². The largest absolute Gasteiger partial charge is 0.459 e. The zero-order valence-electron chi connectivity index (χ0n) is 16.0. The monoisotopic (exact) mass is 395 g/mol. The van der Waals surface area contributed by atoms with Crippen molar-refractivity contribution in [1.82, 2.24) is 9.55 Å². The molecule has 0 aliphatic heterocycles. The lowest BCUT2D eigenvalue weighted by molar-refractivity contribution is -0.118. The zero-order valence-corrected chi connectivity index (χ0v) is 16.9. The number of hydrogen-bond donors (Lipinski definition) is 1. The number of aromatic nitrogens is 2. The molecule has 0 saturated heterocycles. The van der Waals surface area contributed by atoms with Crippen molar-refractivity contribution < 1.29 is 19.1 Å². The van der Waals surface area contributed by atoms with Crippen LogP contribution in [0, 0.1) is 6.92 Å². The quantitative estimate of drug-likeness (QED) is 0.513. The SMILES string of the molecule is COCCOC(=O)c1sc2nc(C(C)C)n(CCCC(N)=O)c(=O)c2c1C. The topological polar surface area (TPSA) is 114 Å². The third-order valence-electron chi connectivity index (χ3n) is 4.11. The standard InChI is InChI=1S/C18H25N3O5S/c1-10(2)15-20-16-13(17(23)21(15)7-5-6-12(19)22)11(3)14(27-16)18(24)26-9-8-25-4/h10H,5-9H2,1-4H3,(H2,19,22). The third-order valence-corrected chi connectivity index (χ3v) is 5.27. The van der Waals surface area contributed by atoms with Crippen molar-refractivity contribution in [2.75, 3.05) is 20.3 Å². The number of rotatable bonds is 9. The summed E-state index contributed by atoms with van der Waals surface area (Å²) in [6, 6.07) is 0. The Morgan fingerprint density at radius 3 is 2.59 bits per heavy atom. The number of primary amides is 1. The summed E-state index contributed by atoms with van der Waals surface area (Å²) in [6.07, 6.45) is 0.652. The van der Waals surface area contributed by atoms with Gasteiger partial charge in [-0.15, -0.1) is 11.3 Å². The highest BCUT2D eigenvalue weighted by Crippen LogP contribution is 2.29. The number of nitrogens with two attached hydrogens (primary N) is 1. The van der Waals surface area contributed by atoms with Crippen LogP contribution in [0.2, 0.25) is 0 Å². The van der Waals surface area contributed by atoms with Crippen LogP contribution in [0.15, 0.2) is 4.79 Å². The molecule has 2 aromatic rings. The minimum Gasteiger partial charge on any atom is -0.459 e. The van der Waals surface area contributed by atoms with Crippen molar-refractivity contribution in [3.8, 4) is 0 Å². The first-order chi connectivity index (χ1) is 12.8. The summed E-state index contributed by atoms with van der Waals surface area (Å²) in [7, 11) is 1.52. The highest BCUT2D eigenvalue weighted by atomic mass is 32.1. The van der Waals surface area contributed by atoms with Crippen molar-refractivity contribution in [2.45, 2.75) is 46.1 Å². The molecule has 0 radical (unpaired) electrons. The molecule has 8 nitrogen and oxygen atoms in total. The zero-order chi connectivity index (χ0) is 20.1. The van der Waals surface area contributed by atoms with E-state index in [2.05, 4.69) is 4.98 Å². The van der Waals surface area contributed by atoms with E-state index in [4.69, 9.17) is 15.2 Å². The van der Waals surface area contributed by atoms with Gasteiger partial charge in [-0.3, -0.25) is 14.2 Å². The van der Waals surface area contributed by atoms with E-state index in [-0.39, 0.29) is 24.5 Å². The van der Waals surface area contributed by atoms with E-state index < -0.39 is 11.9 Å². The lowest BCUT2D eigenvalue weighted by atomic mass is 10.1. The van der Waals surface area contributed by atoms with Crippen LogP contribution in [-0.4, -0.2) is 41.8 Å². The number of hydrogen-bond acceptors (Lipinski definition) is 7. The molecule has 1 amide bonds. The minimum atomic E-state index is -0.488. The van der Waals surface area contributed by atoms with Gasteiger partial charge < -0.3 is 15.2 Å². The van der Waals surface area contributed by atoms with Gasteiger partial charge in [0.1, 0.15) is 22.1 Å². The summed E-state index contributed by atoms with van der Waals surface area (Å²) in [5, 5.41) is 0.419. The first-order valence-electron chi connectivity index (χ1n) is 8.76. The molecule has 0 aliphatic rings. The van der Waals surface area contributed by atoms with Gasteiger partial charge in [0.15, 0.2) is 0 Å². The summed E-state index contributed by atoms with van der Waals surface area (Å²) in [5.74, 6) is -0.262. The number of carbonyl (C=O) groups excluding carboxylic acids is 2. The molecular weight excluding hydrogens is 370 g/mol. The van der Waals surface area contributed by atoms with Crippen LogP contribution in [0.1, 0.15) is 53.7 Å². The number of methoxy groups -OCH3 is 1. The average Bonchev–Trinajstić information content (AvgIpc) is 2.93. The van der Waals surface area contributed by atoms with Crippen LogP contribution in [0.4, 0.5) is 0 Å². The van der Waals surface area contributed by atoms with Gasteiger partial charge in [-0.25, -0.2) is 9.78 Å². The van der Waals surface area contributed by atoms with Crippen LogP contribution < -0.4 is 11.3 Å². The fraction of sp³-hybridized carbons (Fsp3) is 0.556.